The summed E-state index contributed by atoms with van der Waals surface area (Å²) in [6.45, 7) is 0.534. The van der Waals surface area contributed by atoms with Gasteiger partial charge in [-0.3, -0.25) is 4.79 Å². The van der Waals surface area contributed by atoms with Gasteiger partial charge in [0.05, 0.1) is 5.56 Å². The fraction of sp³-hybridized carbons (Fsp3) is 0.235. The van der Waals surface area contributed by atoms with Crippen LogP contribution in [0.25, 0.3) is 0 Å². The van der Waals surface area contributed by atoms with Gasteiger partial charge < -0.3 is 10.6 Å². The summed E-state index contributed by atoms with van der Waals surface area (Å²) < 4.78 is 38.5. The fourth-order valence-electron chi connectivity index (χ4n) is 2.08. The van der Waals surface area contributed by atoms with Crippen LogP contribution in [0.5, 0.6) is 0 Å². The Bertz CT molecular complexity index is 642. The van der Waals surface area contributed by atoms with E-state index in [9.17, 15) is 18.0 Å². The lowest BCUT2D eigenvalue weighted by molar-refractivity contribution is -0.137. The predicted molar refractivity (Wildman–Crippen MR) is 82.8 cm³/mol. The summed E-state index contributed by atoms with van der Waals surface area (Å²) in [5.74, 6) is -0.217. The number of alkyl halides is 3. The molecule has 0 bridgehead atoms. The second kappa shape index (κ2) is 7.67. The van der Waals surface area contributed by atoms with Crippen LogP contribution in [-0.4, -0.2) is 12.5 Å². The molecular formula is C17H17F3N2O. The number of hydrogen-bond acceptors (Lipinski definition) is 2. The molecule has 2 aromatic rings. The van der Waals surface area contributed by atoms with Crippen LogP contribution in [0.2, 0.25) is 0 Å². The van der Waals surface area contributed by atoms with Crippen molar-refractivity contribution in [2.24, 2.45) is 0 Å². The molecule has 0 atom stereocenters. The van der Waals surface area contributed by atoms with E-state index >= 15 is 0 Å². The number of amides is 1. The van der Waals surface area contributed by atoms with Crippen LogP contribution in [-0.2, 0) is 17.5 Å². The number of benzene rings is 2. The van der Waals surface area contributed by atoms with Crippen LogP contribution >= 0.6 is 0 Å². The monoisotopic (exact) mass is 322 g/mol. The Kier molecular flexibility index (Phi) is 5.62. The summed E-state index contributed by atoms with van der Waals surface area (Å²) in [6, 6.07) is 14.6. The molecule has 0 fully saturated rings. The van der Waals surface area contributed by atoms with E-state index in [1.807, 2.05) is 30.3 Å². The Morgan fingerprint density at radius 3 is 2.30 bits per heavy atom. The molecule has 23 heavy (non-hydrogen) atoms. The van der Waals surface area contributed by atoms with Crippen molar-refractivity contribution in [3.05, 3.63) is 65.7 Å². The van der Waals surface area contributed by atoms with Gasteiger partial charge in [0, 0.05) is 25.2 Å². The Hall–Kier alpha value is -2.50. The molecule has 6 heteroatoms. The van der Waals surface area contributed by atoms with E-state index in [2.05, 4.69) is 10.6 Å². The average Bonchev–Trinajstić information content (AvgIpc) is 2.53. The van der Waals surface area contributed by atoms with Crippen LogP contribution in [0.15, 0.2) is 54.6 Å². The lowest BCUT2D eigenvalue weighted by Gasteiger charge is -2.14. The predicted octanol–water partition coefficient (Wildman–Crippen LogP) is 3.82. The molecule has 0 saturated carbocycles. The van der Waals surface area contributed by atoms with Gasteiger partial charge in [0.15, 0.2) is 0 Å². The summed E-state index contributed by atoms with van der Waals surface area (Å²) in [5, 5.41) is 5.40. The van der Waals surface area contributed by atoms with Crippen LogP contribution in [0.4, 0.5) is 18.9 Å². The van der Waals surface area contributed by atoms with Crippen molar-refractivity contribution in [1.82, 2.24) is 5.32 Å². The number of anilines is 1. The Balaban J connectivity index is 1.80. The zero-order valence-electron chi connectivity index (χ0n) is 12.4. The van der Waals surface area contributed by atoms with E-state index in [0.29, 0.717) is 6.54 Å². The van der Waals surface area contributed by atoms with Crippen molar-refractivity contribution in [3.63, 3.8) is 0 Å². The van der Waals surface area contributed by atoms with Crippen molar-refractivity contribution in [3.8, 4) is 0 Å². The fourth-order valence-corrected chi connectivity index (χ4v) is 2.08. The highest BCUT2D eigenvalue weighted by molar-refractivity contribution is 5.76. The van der Waals surface area contributed by atoms with Gasteiger partial charge >= 0.3 is 6.18 Å². The number of halogens is 3. The zero-order valence-corrected chi connectivity index (χ0v) is 12.4. The molecule has 2 N–H and O–H groups in total. The summed E-state index contributed by atoms with van der Waals surface area (Å²) in [4.78, 5) is 11.7. The van der Waals surface area contributed by atoms with Gasteiger partial charge in [-0.05, 0) is 17.7 Å². The molecular weight excluding hydrogens is 305 g/mol. The van der Waals surface area contributed by atoms with Gasteiger partial charge in [-0.2, -0.15) is 13.2 Å². The molecule has 2 aromatic carbocycles. The van der Waals surface area contributed by atoms with Gasteiger partial charge in [-0.1, -0.05) is 42.5 Å². The third-order valence-electron chi connectivity index (χ3n) is 3.23. The molecule has 2 rings (SSSR count). The van der Waals surface area contributed by atoms with Crippen molar-refractivity contribution < 1.29 is 18.0 Å². The summed E-state index contributed by atoms with van der Waals surface area (Å²) in [6.07, 6.45) is -4.32. The number of para-hydroxylation sites is 1. The molecule has 0 saturated heterocycles. The highest BCUT2D eigenvalue weighted by atomic mass is 19.4. The number of rotatable bonds is 6. The minimum absolute atomic E-state index is 0.0177. The topological polar surface area (TPSA) is 41.1 Å². The standard InChI is InChI=1S/C17H17F3N2O/c18-17(19,20)14-8-4-5-9-15(14)21-11-10-16(23)22-12-13-6-2-1-3-7-13/h1-9,21H,10-12H2,(H,22,23). The van der Waals surface area contributed by atoms with Crippen molar-refractivity contribution >= 4 is 11.6 Å². The molecule has 0 radical (unpaired) electrons. The van der Waals surface area contributed by atoms with Crippen LogP contribution < -0.4 is 10.6 Å². The highest BCUT2D eigenvalue weighted by Gasteiger charge is 2.32. The van der Waals surface area contributed by atoms with E-state index in [1.54, 1.807) is 0 Å². The van der Waals surface area contributed by atoms with Crippen LogP contribution in [0, 0.1) is 0 Å². The maximum atomic E-state index is 12.8. The third kappa shape index (κ3) is 5.32. The second-order valence-corrected chi connectivity index (χ2v) is 4.98. The summed E-state index contributed by atoms with van der Waals surface area (Å²) in [7, 11) is 0. The largest absolute Gasteiger partial charge is 0.418 e. The van der Waals surface area contributed by atoms with Gasteiger partial charge in [0.2, 0.25) is 5.91 Å². The molecule has 0 aliphatic heterocycles. The second-order valence-electron chi connectivity index (χ2n) is 4.98. The van der Waals surface area contributed by atoms with Gasteiger partial charge in [0.1, 0.15) is 0 Å². The maximum Gasteiger partial charge on any atom is 0.418 e. The Labute approximate surface area is 132 Å². The lowest BCUT2D eigenvalue weighted by Crippen LogP contribution is -2.25. The van der Waals surface area contributed by atoms with Crippen molar-refractivity contribution in [2.45, 2.75) is 19.1 Å². The van der Waals surface area contributed by atoms with Gasteiger partial charge in [0.25, 0.3) is 0 Å². The van der Waals surface area contributed by atoms with Crippen molar-refractivity contribution in [1.29, 1.82) is 0 Å². The van der Waals surface area contributed by atoms with E-state index in [-0.39, 0.29) is 24.6 Å². The minimum Gasteiger partial charge on any atom is -0.384 e. The van der Waals surface area contributed by atoms with E-state index in [1.165, 1.54) is 18.2 Å². The van der Waals surface area contributed by atoms with Crippen LogP contribution in [0.3, 0.4) is 0 Å². The first kappa shape index (κ1) is 16.9. The molecule has 3 nitrogen and oxygen atoms in total. The first-order valence-corrected chi connectivity index (χ1v) is 7.17. The first-order valence-electron chi connectivity index (χ1n) is 7.17. The van der Waals surface area contributed by atoms with Gasteiger partial charge in [-0.15, -0.1) is 0 Å². The molecule has 0 aromatic heterocycles. The average molecular weight is 322 g/mol. The molecule has 0 spiro atoms. The number of nitrogens with one attached hydrogen (secondary N) is 2. The number of carbonyl (C=O) groups excluding carboxylic acids is 1. The molecule has 0 unspecified atom stereocenters. The quantitative estimate of drug-likeness (QED) is 0.849. The Morgan fingerprint density at radius 1 is 0.957 bits per heavy atom. The minimum atomic E-state index is -4.42. The SMILES string of the molecule is O=C(CCNc1ccccc1C(F)(F)F)NCc1ccccc1. The lowest BCUT2D eigenvalue weighted by atomic mass is 10.1. The van der Waals surface area contributed by atoms with Crippen molar-refractivity contribution in [2.75, 3.05) is 11.9 Å². The Morgan fingerprint density at radius 2 is 1.61 bits per heavy atom. The van der Waals surface area contributed by atoms with Gasteiger partial charge in [-0.25, -0.2) is 0 Å². The van der Waals surface area contributed by atoms with E-state index < -0.39 is 11.7 Å². The zero-order chi connectivity index (χ0) is 16.7. The number of hydrogen-bond donors (Lipinski definition) is 2. The normalized spacial score (nSPS) is 11.1. The summed E-state index contributed by atoms with van der Waals surface area (Å²) in [5.41, 5.74) is 0.219. The smallest absolute Gasteiger partial charge is 0.384 e. The maximum absolute atomic E-state index is 12.8. The number of carbonyl (C=O) groups is 1. The molecule has 0 aliphatic rings. The first-order chi connectivity index (χ1) is 11.0. The highest BCUT2D eigenvalue weighted by Crippen LogP contribution is 2.34. The molecule has 0 aliphatic carbocycles. The third-order valence-corrected chi connectivity index (χ3v) is 3.23. The van der Waals surface area contributed by atoms with Crippen LogP contribution in [0.1, 0.15) is 17.5 Å². The van der Waals surface area contributed by atoms with E-state index in [4.69, 9.17) is 0 Å². The summed E-state index contributed by atoms with van der Waals surface area (Å²) >= 11 is 0. The molecule has 122 valence electrons. The van der Waals surface area contributed by atoms with E-state index in [0.717, 1.165) is 11.6 Å². The molecule has 0 heterocycles. The molecule has 1 amide bonds.